The zero-order valence-corrected chi connectivity index (χ0v) is 11.1. The predicted octanol–water partition coefficient (Wildman–Crippen LogP) is 3.16. The molecule has 0 bridgehead atoms. The van der Waals surface area contributed by atoms with Gasteiger partial charge in [0, 0.05) is 11.8 Å². The third-order valence-corrected chi connectivity index (χ3v) is 4.31. The maximum Gasteiger partial charge on any atom is 0.142 e. The van der Waals surface area contributed by atoms with Gasteiger partial charge in [0.25, 0.3) is 0 Å². The Morgan fingerprint density at radius 3 is 2.63 bits per heavy atom. The van der Waals surface area contributed by atoms with Gasteiger partial charge < -0.3 is 5.73 Å². The monoisotopic (exact) mass is 281 g/mol. The van der Waals surface area contributed by atoms with Crippen molar-refractivity contribution < 1.29 is 13.0 Å². The first-order chi connectivity index (χ1) is 8.99. The fraction of sp³-hybridized carbons (Fsp3) is 0.143. The lowest BCUT2D eigenvalue weighted by Gasteiger charge is -2.08. The molecule has 0 aromatic heterocycles. The molecule has 2 aromatic carbocycles. The number of halogens is 2. The highest BCUT2D eigenvalue weighted by molar-refractivity contribution is 7.84. The molecule has 0 aliphatic rings. The Morgan fingerprint density at radius 1 is 1.21 bits per heavy atom. The number of benzene rings is 2. The molecule has 0 heterocycles. The van der Waals surface area contributed by atoms with E-state index in [2.05, 4.69) is 0 Å². The fourth-order valence-corrected chi connectivity index (χ4v) is 2.99. The minimum absolute atomic E-state index is 0.00299. The Kier molecular flexibility index (Phi) is 3.95. The summed E-state index contributed by atoms with van der Waals surface area (Å²) in [6.45, 7) is 1.82. The van der Waals surface area contributed by atoms with Crippen molar-refractivity contribution in [3.63, 3.8) is 0 Å². The van der Waals surface area contributed by atoms with E-state index >= 15 is 0 Å². The lowest BCUT2D eigenvalue weighted by Crippen LogP contribution is -2.03. The Labute approximate surface area is 112 Å². The number of hydrogen-bond acceptors (Lipinski definition) is 2. The molecule has 0 fully saturated rings. The molecule has 0 saturated carbocycles. The summed E-state index contributed by atoms with van der Waals surface area (Å²) < 4.78 is 38.4. The second-order valence-electron chi connectivity index (χ2n) is 4.20. The summed E-state index contributed by atoms with van der Waals surface area (Å²) in [6.07, 6.45) is 0. The van der Waals surface area contributed by atoms with Crippen LogP contribution in [0.4, 0.5) is 14.5 Å². The molecule has 0 aliphatic carbocycles. The van der Waals surface area contributed by atoms with Gasteiger partial charge in [0.15, 0.2) is 0 Å². The molecule has 2 nitrogen and oxygen atoms in total. The number of nitrogens with two attached hydrogens (primary N) is 1. The molecule has 1 atom stereocenters. The van der Waals surface area contributed by atoms with Crippen molar-refractivity contribution >= 4 is 16.5 Å². The van der Waals surface area contributed by atoms with E-state index in [1.54, 1.807) is 18.2 Å². The highest BCUT2D eigenvalue weighted by atomic mass is 32.2. The molecule has 2 aromatic rings. The highest BCUT2D eigenvalue weighted by Gasteiger charge is 2.13. The lowest BCUT2D eigenvalue weighted by molar-refractivity contribution is 0.562. The third-order valence-electron chi connectivity index (χ3n) is 2.91. The molecule has 0 aliphatic heterocycles. The highest BCUT2D eigenvalue weighted by Crippen LogP contribution is 2.21. The molecule has 0 radical (unpaired) electrons. The standard InChI is InChI=1S/C14H13F2NOS/c1-9-10(3-2-4-13(9)17)8-19(18)14-6-5-11(15)7-12(14)16/h2-7H,8,17H2,1H3. The second kappa shape index (κ2) is 5.48. The summed E-state index contributed by atoms with van der Waals surface area (Å²) in [5, 5.41) is 0. The molecule has 0 amide bonds. The first kappa shape index (κ1) is 13.7. The van der Waals surface area contributed by atoms with Gasteiger partial charge in [-0.2, -0.15) is 0 Å². The van der Waals surface area contributed by atoms with Crippen molar-refractivity contribution in [1.29, 1.82) is 0 Å². The van der Waals surface area contributed by atoms with E-state index in [-0.39, 0.29) is 10.6 Å². The topological polar surface area (TPSA) is 43.1 Å². The van der Waals surface area contributed by atoms with Crippen LogP contribution >= 0.6 is 0 Å². The van der Waals surface area contributed by atoms with Crippen LogP contribution in [0.5, 0.6) is 0 Å². The van der Waals surface area contributed by atoms with Gasteiger partial charge in [-0.25, -0.2) is 8.78 Å². The molecule has 1 unspecified atom stereocenters. The van der Waals surface area contributed by atoms with E-state index in [1.807, 2.05) is 6.92 Å². The van der Waals surface area contributed by atoms with Crippen LogP contribution in [0.25, 0.3) is 0 Å². The van der Waals surface area contributed by atoms with Gasteiger partial charge in [0.2, 0.25) is 0 Å². The minimum Gasteiger partial charge on any atom is -0.399 e. The van der Waals surface area contributed by atoms with Gasteiger partial charge in [-0.3, -0.25) is 4.21 Å². The van der Waals surface area contributed by atoms with Crippen molar-refractivity contribution in [2.24, 2.45) is 0 Å². The van der Waals surface area contributed by atoms with Crippen molar-refractivity contribution in [2.75, 3.05) is 5.73 Å². The largest absolute Gasteiger partial charge is 0.399 e. The zero-order valence-electron chi connectivity index (χ0n) is 10.3. The van der Waals surface area contributed by atoms with E-state index in [0.29, 0.717) is 5.69 Å². The molecule has 100 valence electrons. The van der Waals surface area contributed by atoms with Crippen LogP contribution in [0, 0.1) is 18.6 Å². The molecular formula is C14H13F2NOS. The van der Waals surface area contributed by atoms with E-state index in [4.69, 9.17) is 5.73 Å². The number of nitrogen functional groups attached to an aromatic ring is 1. The molecule has 0 spiro atoms. The number of rotatable bonds is 3. The van der Waals surface area contributed by atoms with Crippen LogP contribution in [0.15, 0.2) is 41.3 Å². The van der Waals surface area contributed by atoms with Gasteiger partial charge in [-0.15, -0.1) is 0 Å². The molecular weight excluding hydrogens is 268 g/mol. The van der Waals surface area contributed by atoms with Crippen LogP contribution in [0.2, 0.25) is 0 Å². The van der Waals surface area contributed by atoms with Crippen LogP contribution in [0.3, 0.4) is 0 Å². The normalized spacial score (nSPS) is 12.4. The van der Waals surface area contributed by atoms with E-state index < -0.39 is 22.4 Å². The maximum absolute atomic E-state index is 13.5. The Bertz CT molecular complexity index is 643. The van der Waals surface area contributed by atoms with Crippen molar-refractivity contribution in [1.82, 2.24) is 0 Å². The molecule has 19 heavy (non-hydrogen) atoms. The smallest absolute Gasteiger partial charge is 0.142 e. The SMILES string of the molecule is Cc1c(N)cccc1CS(=O)c1ccc(F)cc1F. The van der Waals surface area contributed by atoms with Crippen LogP contribution in [0.1, 0.15) is 11.1 Å². The summed E-state index contributed by atoms with van der Waals surface area (Å²) in [6, 6.07) is 8.35. The number of anilines is 1. The summed E-state index contributed by atoms with van der Waals surface area (Å²) in [5.74, 6) is -1.32. The zero-order chi connectivity index (χ0) is 14.0. The predicted molar refractivity (Wildman–Crippen MR) is 72.1 cm³/mol. The van der Waals surface area contributed by atoms with Gasteiger partial charge in [-0.05, 0) is 36.2 Å². The van der Waals surface area contributed by atoms with Gasteiger partial charge >= 0.3 is 0 Å². The van der Waals surface area contributed by atoms with E-state index in [1.165, 1.54) is 6.07 Å². The summed E-state index contributed by atoms with van der Waals surface area (Å²) in [4.78, 5) is 0.00299. The summed E-state index contributed by atoms with van der Waals surface area (Å²) in [5.41, 5.74) is 7.99. The second-order valence-corrected chi connectivity index (χ2v) is 5.62. The Balaban J connectivity index is 2.28. The third kappa shape index (κ3) is 2.98. The average molecular weight is 281 g/mol. The quantitative estimate of drug-likeness (QED) is 0.878. The fourth-order valence-electron chi connectivity index (χ4n) is 1.74. The lowest BCUT2D eigenvalue weighted by atomic mass is 10.1. The summed E-state index contributed by atoms with van der Waals surface area (Å²) >= 11 is 0. The van der Waals surface area contributed by atoms with Gasteiger partial charge in [0.1, 0.15) is 11.6 Å². The first-order valence-corrected chi connectivity index (χ1v) is 6.98. The van der Waals surface area contributed by atoms with Crippen LogP contribution < -0.4 is 5.73 Å². The summed E-state index contributed by atoms with van der Waals surface area (Å²) in [7, 11) is -1.57. The van der Waals surface area contributed by atoms with Crippen LogP contribution in [-0.2, 0) is 16.6 Å². The Hall–Kier alpha value is -1.75. The molecule has 2 rings (SSSR count). The Morgan fingerprint density at radius 2 is 1.95 bits per heavy atom. The first-order valence-electron chi connectivity index (χ1n) is 5.66. The maximum atomic E-state index is 13.5. The molecule has 0 saturated heterocycles. The van der Waals surface area contributed by atoms with Crippen molar-refractivity contribution in [2.45, 2.75) is 17.6 Å². The van der Waals surface area contributed by atoms with Crippen molar-refractivity contribution in [3.8, 4) is 0 Å². The number of hydrogen-bond donors (Lipinski definition) is 1. The van der Waals surface area contributed by atoms with Crippen LogP contribution in [-0.4, -0.2) is 4.21 Å². The minimum atomic E-state index is -1.57. The molecule has 5 heteroatoms. The average Bonchev–Trinajstić information content (AvgIpc) is 2.34. The van der Waals surface area contributed by atoms with E-state index in [9.17, 15) is 13.0 Å². The van der Waals surface area contributed by atoms with E-state index in [0.717, 1.165) is 23.3 Å². The van der Waals surface area contributed by atoms with Gasteiger partial charge in [0.05, 0.1) is 21.4 Å². The molecule has 2 N–H and O–H groups in total. The van der Waals surface area contributed by atoms with Gasteiger partial charge in [-0.1, -0.05) is 12.1 Å². The van der Waals surface area contributed by atoms with Crippen molar-refractivity contribution in [3.05, 3.63) is 59.2 Å².